The second-order valence-corrected chi connectivity index (χ2v) is 5.25. The Bertz CT molecular complexity index is 461. The molecule has 0 radical (unpaired) electrons. The average Bonchev–Trinajstić information content (AvgIpc) is 2.49. The molecule has 0 saturated heterocycles. The molecule has 0 spiro atoms. The molecular formula is C15H19N3S. The molecule has 0 saturated carbocycles. The Kier molecular flexibility index (Phi) is 5.85. The highest BCUT2D eigenvalue weighted by atomic mass is 32.2. The number of nitrogens with one attached hydrogen (secondary N) is 1. The maximum atomic E-state index is 4.25. The van der Waals surface area contributed by atoms with Gasteiger partial charge in [-0.1, -0.05) is 49.0 Å². The van der Waals surface area contributed by atoms with Gasteiger partial charge in [0, 0.05) is 24.2 Å². The summed E-state index contributed by atoms with van der Waals surface area (Å²) in [6, 6.07) is 12.7. The fourth-order valence-corrected chi connectivity index (χ4v) is 2.69. The summed E-state index contributed by atoms with van der Waals surface area (Å²) in [7, 11) is 0. The zero-order valence-corrected chi connectivity index (χ0v) is 11.9. The molecule has 2 rings (SSSR count). The molecule has 0 aliphatic carbocycles. The predicted molar refractivity (Wildman–Crippen MR) is 80.2 cm³/mol. The van der Waals surface area contributed by atoms with Gasteiger partial charge in [0.2, 0.25) is 0 Å². The molecule has 1 atom stereocenters. The molecule has 19 heavy (non-hydrogen) atoms. The second kappa shape index (κ2) is 7.92. The Balaban J connectivity index is 1.98. The van der Waals surface area contributed by atoms with Crippen molar-refractivity contribution < 1.29 is 0 Å². The number of aromatic nitrogens is 2. The monoisotopic (exact) mass is 273 g/mol. The van der Waals surface area contributed by atoms with Gasteiger partial charge in [0.25, 0.3) is 0 Å². The Morgan fingerprint density at radius 1 is 1.11 bits per heavy atom. The highest BCUT2D eigenvalue weighted by Gasteiger charge is 2.11. The summed E-state index contributed by atoms with van der Waals surface area (Å²) in [6.07, 6.45) is 4.70. The van der Waals surface area contributed by atoms with Crippen molar-refractivity contribution in [1.82, 2.24) is 15.3 Å². The molecule has 1 unspecified atom stereocenters. The fraction of sp³-hybridized carbons (Fsp3) is 0.333. The van der Waals surface area contributed by atoms with Gasteiger partial charge in [-0.25, -0.2) is 9.97 Å². The molecule has 0 aliphatic heterocycles. The normalized spacial score (nSPS) is 12.3. The van der Waals surface area contributed by atoms with Gasteiger partial charge in [-0.3, -0.25) is 0 Å². The summed E-state index contributed by atoms with van der Waals surface area (Å²) < 4.78 is 0. The lowest BCUT2D eigenvalue weighted by atomic mass is 10.1. The molecule has 0 aliphatic rings. The van der Waals surface area contributed by atoms with Crippen LogP contribution in [0.1, 0.15) is 24.9 Å². The molecular weight excluding hydrogens is 254 g/mol. The summed E-state index contributed by atoms with van der Waals surface area (Å²) in [6.45, 7) is 3.21. The second-order valence-electron chi connectivity index (χ2n) is 4.26. The van der Waals surface area contributed by atoms with Gasteiger partial charge in [0.1, 0.15) is 0 Å². The van der Waals surface area contributed by atoms with E-state index in [1.807, 2.05) is 12.1 Å². The van der Waals surface area contributed by atoms with Crippen LogP contribution >= 0.6 is 11.8 Å². The Morgan fingerprint density at radius 3 is 2.53 bits per heavy atom. The van der Waals surface area contributed by atoms with Gasteiger partial charge in [-0.05, 0) is 24.6 Å². The van der Waals surface area contributed by atoms with Crippen LogP contribution in [0.25, 0.3) is 0 Å². The van der Waals surface area contributed by atoms with E-state index in [0.29, 0.717) is 6.04 Å². The van der Waals surface area contributed by atoms with Crippen molar-refractivity contribution in [3.05, 3.63) is 54.4 Å². The summed E-state index contributed by atoms with van der Waals surface area (Å²) >= 11 is 1.69. The predicted octanol–water partition coefficient (Wildman–Crippen LogP) is 3.31. The summed E-state index contributed by atoms with van der Waals surface area (Å²) in [5.41, 5.74) is 1.32. The van der Waals surface area contributed by atoms with Crippen molar-refractivity contribution in [3.63, 3.8) is 0 Å². The van der Waals surface area contributed by atoms with E-state index in [4.69, 9.17) is 0 Å². The van der Waals surface area contributed by atoms with E-state index in [1.54, 1.807) is 24.2 Å². The lowest BCUT2D eigenvalue weighted by Crippen LogP contribution is -2.24. The topological polar surface area (TPSA) is 37.8 Å². The number of rotatable bonds is 7. The van der Waals surface area contributed by atoms with Crippen LogP contribution in [0.5, 0.6) is 0 Å². The molecule has 1 aromatic heterocycles. The maximum Gasteiger partial charge on any atom is 0.187 e. The van der Waals surface area contributed by atoms with E-state index in [9.17, 15) is 0 Å². The molecule has 1 N–H and O–H groups in total. The molecule has 0 fully saturated rings. The van der Waals surface area contributed by atoms with Crippen LogP contribution < -0.4 is 5.32 Å². The van der Waals surface area contributed by atoms with Gasteiger partial charge in [0.15, 0.2) is 5.16 Å². The minimum atomic E-state index is 0.343. The fourth-order valence-electron chi connectivity index (χ4n) is 1.79. The van der Waals surface area contributed by atoms with Gasteiger partial charge >= 0.3 is 0 Å². The first-order valence-electron chi connectivity index (χ1n) is 6.58. The van der Waals surface area contributed by atoms with Gasteiger partial charge in [0.05, 0.1) is 0 Å². The van der Waals surface area contributed by atoms with Crippen molar-refractivity contribution in [3.8, 4) is 0 Å². The molecule has 0 amide bonds. The lowest BCUT2D eigenvalue weighted by molar-refractivity contribution is 0.577. The van der Waals surface area contributed by atoms with Crippen molar-refractivity contribution in [2.75, 3.05) is 12.3 Å². The van der Waals surface area contributed by atoms with Crippen LogP contribution in [-0.4, -0.2) is 22.3 Å². The van der Waals surface area contributed by atoms with Crippen LogP contribution in [0.3, 0.4) is 0 Å². The van der Waals surface area contributed by atoms with Crippen LogP contribution in [0.4, 0.5) is 0 Å². The van der Waals surface area contributed by atoms with E-state index >= 15 is 0 Å². The summed E-state index contributed by atoms with van der Waals surface area (Å²) in [5.74, 6) is 0.939. The first-order chi connectivity index (χ1) is 9.40. The van der Waals surface area contributed by atoms with Gasteiger partial charge < -0.3 is 5.32 Å². The van der Waals surface area contributed by atoms with E-state index in [-0.39, 0.29) is 0 Å². The molecule has 2 aromatic rings. The number of hydrogen-bond acceptors (Lipinski definition) is 4. The average molecular weight is 273 g/mol. The van der Waals surface area contributed by atoms with E-state index in [2.05, 4.69) is 46.5 Å². The molecule has 0 bridgehead atoms. The number of thioether (sulfide) groups is 1. The van der Waals surface area contributed by atoms with Crippen LogP contribution in [0.15, 0.2) is 53.9 Å². The summed E-state index contributed by atoms with van der Waals surface area (Å²) in [5, 5.41) is 4.41. The quantitative estimate of drug-likeness (QED) is 0.620. The van der Waals surface area contributed by atoms with Gasteiger partial charge in [-0.15, -0.1) is 0 Å². The molecule has 1 heterocycles. The SMILES string of the molecule is CCCNC(CSc1ncccn1)c1ccccc1. The van der Waals surface area contributed by atoms with E-state index in [1.165, 1.54) is 5.56 Å². The highest BCUT2D eigenvalue weighted by Crippen LogP contribution is 2.21. The summed E-state index contributed by atoms with van der Waals surface area (Å²) in [4.78, 5) is 8.50. The molecule has 1 aromatic carbocycles. The molecule has 3 nitrogen and oxygen atoms in total. The minimum Gasteiger partial charge on any atom is -0.309 e. The Hall–Kier alpha value is -1.39. The van der Waals surface area contributed by atoms with Crippen LogP contribution in [0, 0.1) is 0 Å². The smallest absolute Gasteiger partial charge is 0.187 e. The maximum absolute atomic E-state index is 4.25. The van der Waals surface area contributed by atoms with Crippen LogP contribution in [0.2, 0.25) is 0 Å². The number of hydrogen-bond donors (Lipinski definition) is 1. The minimum absolute atomic E-state index is 0.343. The van der Waals surface area contributed by atoms with Crippen molar-refractivity contribution in [1.29, 1.82) is 0 Å². The first-order valence-corrected chi connectivity index (χ1v) is 7.57. The van der Waals surface area contributed by atoms with E-state index < -0.39 is 0 Å². The van der Waals surface area contributed by atoms with Crippen LogP contribution in [-0.2, 0) is 0 Å². The molecule has 4 heteroatoms. The van der Waals surface area contributed by atoms with Crippen molar-refractivity contribution in [2.45, 2.75) is 24.5 Å². The number of nitrogens with zero attached hydrogens (tertiary/aromatic N) is 2. The standard InChI is InChI=1S/C15H19N3S/c1-2-9-16-14(13-7-4-3-5-8-13)12-19-15-17-10-6-11-18-15/h3-8,10-11,14,16H,2,9,12H2,1H3. The highest BCUT2D eigenvalue weighted by molar-refractivity contribution is 7.99. The van der Waals surface area contributed by atoms with Crippen molar-refractivity contribution >= 4 is 11.8 Å². The van der Waals surface area contributed by atoms with E-state index in [0.717, 1.165) is 23.9 Å². The Morgan fingerprint density at radius 2 is 1.84 bits per heavy atom. The zero-order chi connectivity index (χ0) is 13.3. The number of benzene rings is 1. The zero-order valence-electron chi connectivity index (χ0n) is 11.1. The third-order valence-corrected chi connectivity index (χ3v) is 3.73. The largest absolute Gasteiger partial charge is 0.309 e. The van der Waals surface area contributed by atoms with Crippen molar-refractivity contribution in [2.24, 2.45) is 0 Å². The first kappa shape index (κ1) is 14.0. The lowest BCUT2D eigenvalue weighted by Gasteiger charge is -2.18. The molecule has 100 valence electrons. The third-order valence-electron chi connectivity index (χ3n) is 2.76. The van der Waals surface area contributed by atoms with Gasteiger partial charge in [-0.2, -0.15) is 0 Å². The Labute approximate surface area is 118 Å². The third kappa shape index (κ3) is 4.65.